The zero-order valence-corrected chi connectivity index (χ0v) is 10.5. The third-order valence-corrected chi connectivity index (χ3v) is 2.82. The number of carbonyl (C=O) groups excluding carboxylic acids is 1. The molecule has 0 rings (SSSR count). The Labute approximate surface area is 96.2 Å². The van der Waals surface area contributed by atoms with Gasteiger partial charge in [0.2, 0.25) is 0 Å². The standard InChI is InChI=1S/C11H21NO4/c1-6-11(4,16-5)10(15)12-8(7(2)3)9(13)14/h7-8H,6H2,1-5H3,(H,12,15)(H,13,14). The summed E-state index contributed by atoms with van der Waals surface area (Å²) < 4.78 is 5.10. The van der Waals surface area contributed by atoms with Gasteiger partial charge >= 0.3 is 5.97 Å². The number of carbonyl (C=O) groups is 2. The average molecular weight is 231 g/mol. The van der Waals surface area contributed by atoms with E-state index in [4.69, 9.17) is 9.84 Å². The smallest absolute Gasteiger partial charge is 0.326 e. The minimum absolute atomic E-state index is 0.167. The summed E-state index contributed by atoms with van der Waals surface area (Å²) in [5.74, 6) is -1.59. The predicted octanol–water partition coefficient (Wildman–Crippen LogP) is 1.03. The number of carboxylic acid groups (broad SMARTS) is 1. The molecule has 0 radical (unpaired) electrons. The molecule has 0 aromatic rings. The Kier molecular flexibility index (Phi) is 5.44. The molecule has 0 heterocycles. The lowest BCUT2D eigenvalue weighted by Gasteiger charge is -2.28. The van der Waals surface area contributed by atoms with Gasteiger partial charge in [-0.05, 0) is 19.3 Å². The Morgan fingerprint density at radius 2 is 1.94 bits per heavy atom. The maximum absolute atomic E-state index is 11.8. The van der Waals surface area contributed by atoms with Crippen LogP contribution in [-0.4, -0.2) is 35.7 Å². The van der Waals surface area contributed by atoms with Crippen molar-refractivity contribution in [1.29, 1.82) is 0 Å². The number of carboxylic acids is 1. The summed E-state index contributed by atoms with van der Waals surface area (Å²) in [6.45, 7) is 6.94. The SMILES string of the molecule is CCC(C)(OC)C(=O)NC(C(=O)O)C(C)C. The highest BCUT2D eigenvalue weighted by molar-refractivity contribution is 5.89. The second-order valence-corrected chi connectivity index (χ2v) is 4.32. The summed E-state index contributed by atoms with van der Waals surface area (Å²) in [6.07, 6.45) is 0.486. The highest BCUT2D eigenvalue weighted by atomic mass is 16.5. The van der Waals surface area contributed by atoms with Crippen molar-refractivity contribution in [2.75, 3.05) is 7.11 Å². The maximum atomic E-state index is 11.8. The fourth-order valence-electron chi connectivity index (χ4n) is 1.21. The van der Waals surface area contributed by atoms with E-state index in [1.165, 1.54) is 7.11 Å². The number of rotatable bonds is 6. The third-order valence-electron chi connectivity index (χ3n) is 2.82. The monoisotopic (exact) mass is 231 g/mol. The Hall–Kier alpha value is -1.10. The van der Waals surface area contributed by atoms with Crippen LogP contribution in [0.2, 0.25) is 0 Å². The van der Waals surface area contributed by atoms with Crippen molar-refractivity contribution in [1.82, 2.24) is 5.32 Å². The van der Waals surface area contributed by atoms with Crippen LogP contribution >= 0.6 is 0 Å². The molecule has 5 nitrogen and oxygen atoms in total. The number of ether oxygens (including phenoxy) is 1. The van der Waals surface area contributed by atoms with E-state index in [1.807, 2.05) is 6.92 Å². The van der Waals surface area contributed by atoms with Crippen molar-refractivity contribution in [3.05, 3.63) is 0 Å². The summed E-state index contributed by atoms with van der Waals surface area (Å²) >= 11 is 0. The summed E-state index contributed by atoms with van der Waals surface area (Å²) in [5.41, 5.74) is -0.970. The van der Waals surface area contributed by atoms with Gasteiger partial charge in [0, 0.05) is 7.11 Å². The van der Waals surface area contributed by atoms with E-state index >= 15 is 0 Å². The first-order valence-corrected chi connectivity index (χ1v) is 5.37. The van der Waals surface area contributed by atoms with Crippen LogP contribution in [0.25, 0.3) is 0 Å². The molecule has 0 aliphatic rings. The van der Waals surface area contributed by atoms with Gasteiger partial charge in [0.25, 0.3) is 5.91 Å². The van der Waals surface area contributed by atoms with Gasteiger partial charge < -0.3 is 15.2 Å². The first-order valence-electron chi connectivity index (χ1n) is 5.37. The molecule has 0 aromatic heterocycles. The average Bonchev–Trinajstić information content (AvgIpc) is 2.23. The first kappa shape index (κ1) is 14.9. The molecule has 0 aliphatic heterocycles. The van der Waals surface area contributed by atoms with Crippen molar-refractivity contribution in [3.63, 3.8) is 0 Å². The van der Waals surface area contributed by atoms with Gasteiger partial charge in [0.1, 0.15) is 11.6 Å². The van der Waals surface area contributed by atoms with Crippen molar-refractivity contribution >= 4 is 11.9 Å². The number of hydrogen-bond donors (Lipinski definition) is 2. The van der Waals surface area contributed by atoms with E-state index in [1.54, 1.807) is 20.8 Å². The maximum Gasteiger partial charge on any atom is 0.326 e. The van der Waals surface area contributed by atoms with E-state index in [2.05, 4.69) is 5.32 Å². The Balaban J connectivity index is 4.70. The second kappa shape index (κ2) is 5.84. The molecule has 94 valence electrons. The van der Waals surface area contributed by atoms with Gasteiger partial charge in [-0.25, -0.2) is 4.79 Å². The fourth-order valence-corrected chi connectivity index (χ4v) is 1.21. The third kappa shape index (κ3) is 3.48. The lowest BCUT2D eigenvalue weighted by molar-refractivity contribution is -0.149. The molecule has 0 saturated heterocycles. The largest absolute Gasteiger partial charge is 0.480 e. The second-order valence-electron chi connectivity index (χ2n) is 4.32. The Bertz CT molecular complexity index is 259. The molecule has 0 saturated carbocycles. The van der Waals surface area contributed by atoms with Crippen LogP contribution in [-0.2, 0) is 14.3 Å². The molecule has 2 N–H and O–H groups in total. The van der Waals surface area contributed by atoms with E-state index in [0.29, 0.717) is 6.42 Å². The summed E-state index contributed by atoms with van der Waals surface area (Å²) in [6, 6.07) is -0.881. The van der Waals surface area contributed by atoms with Gasteiger partial charge in [-0.1, -0.05) is 20.8 Å². The van der Waals surface area contributed by atoms with Crippen LogP contribution in [0, 0.1) is 5.92 Å². The van der Waals surface area contributed by atoms with E-state index in [0.717, 1.165) is 0 Å². The Morgan fingerprint density at radius 3 is 2.19 bits per heavy atom. The Morgan fingerprint density at radius 1 is 1.44 bits per heavy atom. The van der Waals surface area contributed by atoms with Gasteiger partial charge in [-0.15, -0.1) is 0 Å². The molecule has 1 amide bonds. The van der Waals surface area contributed by atoms with Crippen molar-refractivity contribution in [3.8, 4) is 0 Å². The van der Waals surface area contributed by atoms with Gasteiger partial charge in [0.15, 0.2) is 0 Å². The molecule has 5 heteroatoms. The number of nitrogens with one attached hydrogen (secondary N) is 1. The van der Waals surface area contributed by atoms with Gasteiger partial charge in [-0.3, -0.25) is 4.79 Å². The molecule has 0 spiro atoms. The minimum Gasteiger partial charge on any atom is -0.480 e. The molecule has 16 heavy (non-hydrogen) atoms. The van der Waals surface area contributed by atoms with Crippen molar-refractivity contribution in [2.45, 2.75) is 45.8 Å². The number of amides is 1. The van der Waals surface area contributed by atoms with Crippen molar-refractivity contribution in [2.24, 2.45) is 5.92 Å². The molecular formula is C11H21NO4. The first-order chi connectivity index (χ1) is 7.28. The van der Waals surface area contributed by atoms with Crippen LogP contribution in [0.3, 0.4) is 0 Å². The van der Waals surface area contributed by atoms with Gasteiger partial charge in [0.05, 0.1) is 0 Å². The molecule has 0 bridgehead atoms. The minimum atomic E-state index is -1.03. The molecule has 0 aromatic carbocycles. The summed E-state index contributed by atoms with van der Waals surface area (Å²) in [5, 5.41) is 11.4. The summed E-state index contributed by atoms with van der Waals surface area (Å²) in [7, 11) is 1.44. The molecule has 2 atom stereocenters. The highest BCUT2D eigenvalue weighted by Gasteiger charge is 2.34. The van der Waals surface area contributed by atoms with E-state index in [9.17, 15) is 9.59 Å². The number of hydrogen-bond acceptors (Lipinski definition) is 3. The van der Waals surface area contributed by atoms with Crippen LogP contribution in [0.4, 0.5) is 0 Å². The van der Waals surface area contributed by atoms with Crippen molar-refractivity contribution < 1.29 is 19.4 Å². The molecule has 0 aliphatic carbocycles. The summed E-state index contributed by atoms with van der Waals surface area (Å²) in [4.78, 5) is 22.8. The zero-order valence-electron chi connectivity index (χ0n) is 10.5. The quantitative estimate of drug-likeness (QED) is 0.715. The molecular weight excluding hydrogens is 210 g/mol. The zero-order chi connectivity index (χ0) is 12.9. The van der Waals surface area contributed by atoms with Crippen LogP contribution in [0.5, 0.6) is 0 Å². The lowest BCUT2D eigenvalue weighted by atomic mass is 9.99. The van der Waals surface area contributed by atoms with E-state index in [-0.39, 0.29) is 5.92 Å². The number of aliphatic carboxylic acids is 1. The van der Waals surface area contributed by atoms with Crippen LogP contribution in [0.15, 0.2) is 0 Å². The van der Waals surface area contributed by atoms with Crippen LogP contribution < -0.4 is 5.32 Å². The number of methoxy groups -OCH3 is 1. The molecule has 2 unspecified atom stereocenters. The lowest BCUT2D eigenvalue weighted by Crippen LogP contribution is -2.53. The molecule has 0 fully saturated rings. The normalized spacial score (nSPS) is 16.6. The van der Waals surface area contributed by atoms with E-state index < -0.39 is 23.5 Å². The topological polar surface area (TPSA) is 75.6 Å². The highest BCUT2D eigenvalue weighted by Crippen LogP contribution is 2.15. The fraction of sp³-hybridized carbons (Fsp3) is 0.818. The van der Waals surface area contributed by atoms with Gasteiger partial charge in [-0.2, -0.15) is 0 Å². The predicted molar refractivity (Wildman–Crippen MR) is 60.1 cm³/mol. The van der Waals surface area contributed by atoms with Crippen LogP contribution in [0.1, 0.15) is 34.1 Å².